The summed E-state index contributed by atoms with van der Waals surface area (Å²) in [6.45, 7) is 1.76. The maximum absolute atomic E-state index is 13.6. The van der Waals surface area contributed by atoms with Gasteiger partial charge in [-0.05, 0) is 12.2 Å². The number of aryl methyl sites for hydroxylation is 1. The van der Waals surface area contributed by atoms with Gasteiger partial charge in [-0.25, -0.2) is 13.2 Å². The summed E-state index contributed by atoms with van der Waals surface area (Å²) in [6.07, 6.45) is 0.434. The van der Waals surface area contributed by atoms with Gasteiger partial charge in [0.25, 0.3) is 0 Å². The van der Waals surface area contributed by atoms with E-state index < -0.39 is 23.1 Å². The zero-order chi connectivity index (χ0) is 12.6. The van der Waals surface area contributed by atoms with Crippen molar-refractivity contribution in [1.82, 2.24) is 14.8 Å². The second-order valence-electron chi connectivity index (χ2n) is 3.35. The molecule has 0 radical (unpaired) electrons. The minimum Gasteiger partial charge on any atom is -0.266 e. The highest BCUT2D eigenvalue weighted by atomic mass is 32.1. The maximum Gasteiger partial charge on any atom is 0.200 e. The van der Waals surface area contributed by atoms with E-state index in [1.165, 1.54) is 0 Å². The number of benzene rings is 1. The Hall–Kier alpha value is -1.63. The molecule has 1 N–H and O–H groups in total. The second-order valence-corrected chi connectivity index (χ2v) is 3.74. The van der Waals surface area contributed by atoms with Crippen molar-refractivity contribution in [2.24, 2.45) is 0 Å². The van der Waals surface area contributed by atoms with Gasteiger partial charge in [-0.15, -0.1) is 0 Å². The summed E-state index contributed by atoms with van der Waals surface area (Å²) in [4.78, 5) is 0. The Morgan fingerprint density at radius 2 is 1.88 bits per heavy atom. The molecule has 0 aliphatic rings. The number of H-pyrrole nitrogens is 1. The highest BCUT2D eigenvalue weighted by molar-refractivity contribution is 7.71. The molecule has 2 rings (SSSR count). The predicted molar refractivity (Wildman–Crippen MR) is 58.0 cm³/mol. The van der Waals surface area contributed by atoms with E-state index in [1.54, 1.807) is 6.92 Å². The average Bonchev–Trinajstić information content (AvgIpc) is 2.59. The molecule has 0 fully saturated rings. The third-order valence-corrected chi connectivity index (χ3v) is 2.54. The van der Waals surface area contributed by atoms with Crippen LogP contribution in [0.4, 0.5) is 13.2 Å². The molecule has 0 aliphatic heterocycles. The second kappa shape index (κ2) is 4.33. The van der Waals surface area contributed by atoms with Gasteiger partial charge in [-0.1, -0.05) is 6.92 Å². The summed E-state index contributed by atoms with van der Waals surface area (Å²) < 4.78 is 41.1. The fourth-order valence-corrected chi connectivity index (χ4v) is 1.79. The Morgan fingerprint density at radius 1 is 1.29 bits per heavy atom. The molecule has 0 bridgehead atoms. The van der Waals surface area contributed by atoms with Crippen molar-refractivity contribution in [3.8, 4) is 5.69 Å². The highest BCUT2D eigenvalue weighted by Crippen LogP contribution is 2.21. The van der Waals surface area contributed by atoms with Gasteiger partial charge in [0, 0.05) is 18.6 Å². The Morgan fingerprint density at radius 3 is 2.41 bits per heavy atom. The fraction of sp³-hybridized carbons (Fsp3) is 0.200. The van der Waals surface area contributed by atoms with Gasteiger partial charge in [0.15, 0.2) is 16.4 Å². The lowest BCUT2D eigenvalue weighted by atomic mass is 10.2. The first-order valence-electron chi connectivity index (χ1n) is 4.85. The van der Waals surface area contributed by atoms with E-state index >= 15 is 0 Å². The summed E-state index contributed by atoms with van der Waals surface area (Å²) in [5, 5.41) is 6.28. The lowest BCUT2D eigenvalue weighted by Crippen LogP contribution is -2.06. The van der Waals surface area contributed by atoms with E-state index in [9.17, 15) is 13.2 Å². The minimum absolute atomic E-state index is 0.0614. The summed E-state index contributed by atoms with van der Waals surface area (Å²) in [6, 6.07) is 1.21. The Bertz CT molecular complexity index is 594. The van der Waals surface area contributed by atoms with Crippen LogP contribution in [-0.4, -0.2) is 14.8 Å². The van der Waals surface area contributed by atoms with Gasteiger partial charge < -0.3 is 0 Å². The van der Waals surface area contributed by atoms with Gasteiger partial charge >= 0.3 is 0 Å². The molecule has 17 heavy (non-hydrogen) atoms. The molecule has 0 saturated heterocycles. The largest absolute Gasteiger partial charge is 0.266 e. The van der Waals surface area contributed by atoms with Gasteiger partial charge in [0.05, 0.1) is 0 Å². The number of aromatic nitrogens is 3. The van der Waals surface area contributed by atoms with Crippen LogP contribution in [0.5, 0.6) is 0 Å². The summed E-state index contributed by atoms with van der Waals surface area (Å²) in [5.41, 5.74) is -0.415. The molecule has 0 aliphatic carbocycles. The number of hydrogen-bond donors (Lipinski definition) is 1. The Kier molecular flexibility index (Phi) is 3.01. The number of hydrogen-bond acceptors (Lipinski definition) is 2. The van der Waals surface area contributed by atoms with E-state index in [1.807, 2.05) is 0 Å². The van der Waals surface area contributed by atoms with Gasteiger partial charge in [-0.3, -0.25) is 9.67 Å². The first kappa shape index (κ1) is 11.8. The number of halogens is 3. The zero-order valence-electron chi connectivity index (χ0n) is 8.80. The van der Waals surface area contributed by atoms with Gasteiger partial charge in [-0.2, -0.15) is 5.10 Å². The van der Waals surface area contributed by atoms with E-state index in [0.29, 0.717) is 24.4 Å². The maximum atomic E-state index is 13.6. The molecular weight excluding hydrogens is 251 g/mol. The average molecular weight is 259 g/mol. The molecular formula is C10H8F3N3S. The van der Waals surface area contributed by atoms with E-state index in [0.717, 1.165) is 4.57 Å². The summed E-state index contributed by atoms with van der Waals surface area (Å²) >= 11 is 4.89. The Balaban J connectivity index is 2.77. The topological polar surface area (TPSA) is 33.6 Å². The predicted octanol–water partition coefficient (Wildman–Crippen LogP) is 2.91. The zero-order valence-corrected chi connectivity index (χ0v) is 9.61. The van der Waals surface area contributed by atoms with Crippen molar-refractivity contribution in [2.75, 3.05) is 0 Å². The van der Waals surface area contributed by atoms with Crippen LogP contribution in [0, 0.1) is 22.2 Å². The molecule has 90 valence electrons. The lowest BCUT2D eigenvalue weighted by molar-refractivity contribution is 0.531. The highest BCUT2D eigenvalue weighted by Gasteiger charge is 2.17. The smallest absolute Gasteiger partial charge is 0.200 e. The first-order valence-corrected chi connectivity index (χ1v) is 5.26. The standard InChI is InChI=1S/C10H8F3N3S/c1-2-8-14-15-10(17)16(8)9-6(12)3-5(11)4-7(9)13/h3-4H,2H2,1H3,(H,15,17). The van der Waals surface area contributed by atoms with Crippen LogP contribution < -0.4 is 0 Å². The number of nitrogens with one attached hydrogen (secondary N) is 1. The van der Waals surface area contributed by atoms with Gasteiger partial charge in [0.1, 0.15) is 17.3 Å². The molecule has 0 spiro atoms. The molecule has 2 aromatic rings. The van der Waals surface area contributed by atoms with Crippen molar-refractivity contribution >= 4 is 12.2 Å². The molecule has 3 nitrogen and oxygen atoms in total. The third-order valence-electron chi connectivity index (χ3n) is 2.26. The fourth-order valence-electron chi connectivity index (χ4n) is 1.55. The van der Waals surface area contributed by atoms with Gasteiger partial charge in [0.2, 0.25) is 0 Å². The molecule has 0 amide bonds. The first-order chi connectivity index (χ1) is 8.04. The SMILES string of the molecule is CCc1n[nH]c(=S)n1-c1c(F)cc(F)cc1F. The summed E-state index contributed by atoms with van der Waals surface area (Å²) in [7, 11) is 0. The molecule has 7 heteroatoms. The third kappa shape index (κ3) is 1.97. The van der Waals surface area contributed by atoms with Crippen LogP contribution in [0.1, 0.15) is 12.7 Å². The minimum atomic E-state index is -1.02. The number of rotatable bonds is 2. The summed E-state index contributed by atoms with van der Waals surface area (Å²) in [5.74, 6) is -2.64. The van der Waals surface area contributed by atoms with Crippen LogP contribution in [0.2, 0.25) is 0 Å². The van der Waals surface area contributed by atoms with E-state index in [2.05, 4.69) is 10.2 Å². The quantitative estimate of drug-likeness (QED) is 0.841. The van der Waals surface area contributed by atoms with Crippen molar-refractivity contribution < 1.29 is 13.2 Å². The lowest BCUT2D eigenvalue weighted by Gasteiger charge is -2.08. The van der Waals surface area contributed by atoms with Crippen molar-refractivity contribution in [3.05, 3.63) is 40.2 Å². The Labute approximate surface area is 99.9 Å². The number of aromatic amines is 1. The molecule has 1 aromatic carbocycles. The molecule has 0 atom stereocenters. The van der Waals surface area contributed by atoms with Crippen LogP contribution in [-0.2, 0) is 6.42 Å². The van der Waals surface area contributed by atoms with Crippen molar-refractivity contribution in [1.29, 1.82) is 0 Å². The van der Waals surface area contributed by atoms with Crippen LogP contribution >= 0.6 is 12.2 Å². The van der Waals surface area contributed by atoms with E-state index in [4.69, 9.17) is 12.2 Å². The monoisotopic (exact) mass is 259 g/mol. The van der Waals surface area contributed by atoms with Crippen molar-refractivity contribution in [3.63, 3.8) is 0 Å². The normalized spacial score (nSPS) is 10.8. The van der Waals surface area contributed by atoms with Crippen molar-refractivity contribution in [2.45, 2.75) is 13.3 Å². The molecule has 0 unspecified atom stereocenters. The van der Waals surface area contributed by atoms with E-state index in [-0.39, 0.29) is 4.77 Å². The molecule has 0 saturated carbocycles. The molecule has 1 heterocycles. The molecule has 1 aromatic heterocycles. The van der Waals surface area contributed by atoms with Crippen LogP contribution in [0.3, 0.4) is 0 Å². The van der Waals surface area contributed by atoms with Crippen LogP contribution in [0.15, 0.2) is 12.1 Å². The number of nitrogens with zero attached hydrogens (tertiary/aromatic N) is 2. The van der Waals surface area contributed by atoms with Crippen LogP contribution in [0.25, 0.3) is 5.69 Å².